The monoisotopic (exact) mass is 349 g/mol. The van der Waals surface area contributed by atoms with E-state index in [1.54, 1.807) is 11.3 Å². The summed E-state index contributed by atoms with van der Waals surface area (Å²) in [7, 11) is 0. The van der Waals surface area contributed by atoms with Crippen LogP contribution in [-0.4, -0.2) is 6.04 Å². The maximum atomic E-state index is 6.69. The predicted octanol–water partition coefficient (Wildman–Crippen LogP) is 4.89. The lowest BCUT2D eigenvalue weighted by Crippen LogP contribution is -2.45. The Hall–Kier alpha value is -0.640. The zero-order valence-electron chi connectivity index (χ0n) is 11.5. The highest BCUT2D eigenvalue weighted by Gasteiger charge is 2.41. The van der Waals surface area contributed by atoms with E-state index in [4.69, 9.17) is 5.73 Å². The van der Waals surface area contributed by atoms with Crippen LogP contribution in [0.2, 0.25) is 0 Å². The number of thiophene rings is 1. The molecule has 2 N–H and O–H groups in total. The van der Waals surface area contributed by atoms with Crippen LogP contribution in [0, 0.1) is 0 Å². The molecule has 1 aliphatic rings. The van der Waals surface area contributed by atoms with Gasteiger partial charge in [-0.15, -0.1) is 11.3 Å². The fourth-order valence-corrected chi connectivity index (χ4v) is 5.09. The third-order valence-electron chi connectivity index (χ3n) is 4.65. The van der Waals surface area contributed by atoms with Crippen molar-refractivity contribution in [2.45, 2.75) is 43.6 Å². The van der Waals surface area contributed by atoms with E-state index in [0.717, 1.165) is 6.42 Å². The van der Waals surface area contributed by atoms with Crippen LogP contribution in [0.4, 0.5) is 0 Å². The molecule has 3 rings (SSSR count). The average molecular weight is 350 g/mol. The number of halogens is 1. The molecule has 106 valence electrons. The Morgan fingerprint density at radius 2 is 1.85 bits per heavy atom. The summed E-state index contributed by atoms with van der Waals surface area (Å²) in [4.78, 5) is 1.37. The molecule has 2 aromatic rings. The number of nitrogens with two attached hydrogens (primary N) is 1. The molecule has 0 radical (unpaired) electrons. The minimum Gasteiger partial charge on any atom is -0.327 e. The van der Waals surface area contributed by atoms with E-state index < -0.39 is 0 Å². The molecular weight excluding hydrogens is 330 g/mol. The van der Waals surface area contributed by atoms with E-state index >= 15 is 0 Å². The van der Waals surface area contributed by atoms with E-state index in [2.05, 4.69) is 57.7 Å². The quantitative estimate of drug-likeness (QED) is 0.835. The molecule has 1 heterocycles. The van der Waals surface area contributed by atoms with Crippen molar-refractivity contribution < 1.29 is 0 Å². The molecule has 1 saturated carbocycles. The first-order chi connectivity index (χ1) is 9.72. The summed E-state index contributed by atoms with van der Waals surface area (Å²) in [6.45, 7) is 0. The first-order valence-electron chi connectivity index (χ1n) is 7.25. The smallest absolute Gasteiger partial charge is 0.0314 e. The molecule has 20 heavy (non-hydrogen) atoms. The topological polar surface area (TPSA) is 26.0 Å². The largest absolute Gasteiger partial charge is 0.327 e. The molecule has 1 aliphatic carbocycles. The zero-order chi connectivity index (χ0) is 14.0. The Morgan fingerprint density at radius 1 is 1.15 bits per heavy atom. The second-order valence-corrected chi connectivity index (χ2v) is 7.59. The molecule has 3 heteroatoms. The number of benzene rings is 1. The van der Waals surface area contributed by atoms with Gasteiger partial charge in [0.25, 0.3) is 0 Å². The minimum absolute atomic E-state index is 0.171. The second kappa shape index (κ2) is 6.00. The first-order valence-corrected chi connectivity index (χ1v) is 8.93. The normalized spacial score (nSPS) is 19.1. The highest BCUT2D eigenvalue weighted by molar-refractivity contribution is 9.10. The second-order valence-electron chi connectivity index (χ2n) is 5.73. The van der Waals surface area contributed by atoms with E-state index in [1.165, 1.54) is 40.6 Å². The summed E-state index contributed by atoms with van der Waals surface area (Å²) < 4.78 is 1.21. The van der Waals surface area contributed by atoms with E-state index in [9.17, 15) is 0 Å². The van der Waals surface area contributed by atoms with Gasteiger partial charge in [-0.1, -0.05) is 43.2 Å². The van der Waals surface area contributed by atoms with Crippen LogP contribution in [0.5, 0.6) is 0 Å². The molecule has 1 aromatic carbocycles. The van der Waals surface area contributed by atoms with Gasteiger partial charge in [0, 0.05) is 20.8 Å². The van der Waals surface area contributed by atoms with E-state index in [-0.39, 0.29) is 11.5 Å². The Kier molecular flexibility index (Phi) is 4.29. The summed E-state index contributed by atoms with van der Waals surface area (Å²) in [6.07, 6.45) is 6.01. The van der Waals surface area contributed by atoms with Gasteiger partial charge in [0.05, 0.1) is 0 Å². The van der Waals surface area contributed by atoms with Gasteiger partial charge < -0.3 is 5.73 Å². The highest BCUT2D eigenvalue weighted by Crippen LogP contribution is 2.44. The summed E-state index contributed by atoms with van der Waals surface area (Å²) in [5.41, 5.74) is 8.29. The summed E-state index contributed by atoms with van der Waals surface area (Å²) in [6, 6.07) is 13.2. The van der Waals surface area contributed by atoms with E-state index in [0.29, 0.717) is 0 Å². The lowest BCUT2D eigenvalue weighted by Gasteiger charge is -2.36. The molecule has 1 nitrogen and oxygen atoms in total. The molecule has 0 spiro atoms. The molecule has 0 aliphatic heterocycles. The standard InChI is InChI=1S/C17H20BrNS/c18-14-8-11-20-15(14)12-16(19)17(9-4-5-10-17)13-6-2-1-3-7-13/h1-3,6-8,11,16H,4-5,9-10,12,19H2. The molecule has 0 bridgehead atoms. The van der Waals surface area contributed by atoms with Crippen molar-refractivity contribution in [2.75, 3.05) is 0 Å². The fraction of sp³-hybridized carbons (Fsp3) is 0.412. The Bertz CT molecular complexity index is 557. The van der Waals surface area contributed by atoms with Crippen LogP contribution in [0.25, 0.3) is 0 Å². The van der Waals surface area contributed by atoms with Crippen molar-refractivity contribution in [3.05, 3.63) is 56.7 Å². The van der Waals surface area contributed by atoms with Crippen molar-refractivity contribution >= 4 is 27.3 Å². The highest BCUT2D eigenvalue weighted by atomic mass is 79.9. The van der Waals surface area contributed by atoms with Gasteiger partial charge in [-0.25, -0.2) is 0 Å². The van der Waals surface area contributed by atoms with Crippen molar-refractivity contribution in [2.24, 2.45) is 5.73 Å². The van der Waals surface area contributed by atoms with Crippen molar-refractivity contribution in [1.29, 1.82) is 0 Å². The zero-order valence-corrected chi connectivity index (χ0v) is 13.9. The van der Waals surface area contributed by atoms with Crippen LogP contribution in [0.1, 0.15) is 36.1 Å². The van der Waals surface area contributed by atoms with Gasteiger partial charge in [-0.3, -0.25) is 0 Å². The lowest BCUT2D eigenvalue weighted by molar-refractivity contribution is 0.348. The first kappa shape index (κ1) is 14.3. The summed E-state index contributed by atoms with van der Waals surface area (Å²) in [5.74, 6) is 0. The van der Waals surface area contributed by atoms with Gasteiger partial charge in [0.2, 0.25) is 0 Å². The van der Waals surface area contributed by atoms with Gasteiger partial charge in [0.15, 0.2) is 0 Å². The van der Waals surface area contributed by atoms with Crippen molar-refractivity contribution in [3.63, 3.8) is 0 Å². The SMILES string of the molecule is NC(Cc1sccc1Br)C1(c2ccccc2)CCCC1. The Morgan fingerprint density at radius 3 is 2.45 bits per heavy atom. The summed E-state index contributed by atoms with van der Waals surface area (Å²) >= 11 is 5.44. The maximum Gasteiger partial charge on any atom is 0.0314 e. The van der Waals surface area contributed by atoms with Crippen molar-refractivity contribution in [1.82, 2.24) is 0 Å². The molecular formula is C17H20BrNS. The molecule has 0 amide bonds. The molecule has 1 atom stereocenters. The van der Waals surface area contributed by atoms with Gasteiger partial charge in [-0.05, 0) is 52.2 Å². The van der Waals surface area contributed by atoms with Crippen LogP contribution in [-0.2, 0) is 11.8 Å². The van der Waals surface area contributed by atoms with Gasteiger partial charge in [0.1, 0.15) is 0 Å². The van der Waals surface area contributed by atoms with Crippen LogP contribution in [0.3, 0.4) is 0 Å². The third-order valence-corrected chi connectivity index (χ3v) is 6.60. The minimum atomic E-state index is 0.171. The number of rotatable bonds is 4. The number of hydrogen-bond donors (Lipinski definition) is 1. The Balaban J connectivity index is 1.89. The van der Waals surface area contributed by atoms with Crippen LogP contribution in [0.15, 0.2) is 46.3 Å². The van der Waals surface area contributed by atoms with Crippen LogP contribution < -0.4 is 5.73 Å². The van der Waals surface area contributed by atoms with Crippen LogP contribution >= 0.6 is 27.3 Å². The molecule has 1 unspecified atom stereocenters. The lowest BCUT2D eigenvalue weighted by atomic mass is 9.72. The predicted molar refractivity (Wildman–Crippen MR) is 90.3 cm³/mol. The van der Waals surface area contributed by atoms with Crippen molar-refractivity contribution in [3.8, 4) is 0 Å². The summed E-state index contributed by atoms with van der Waals surface area (Å²) in [5, 5.41) is 2.13. The molecule has 1 fully saturated rings. The van der Waals surface area contributed by atoms with E-state index in [1.807, 2.05) is 0 Å². The Labute approximate surface area is 133 Å². The van der Waals surface area contributed by atoms with Gasteiger partial charge in [-0.2, -0.15) is 0 Å². The number of hydrogen-bond acceptors (Lipinski definition) is 2. The molecule has 1 aromatic heterocycles. The molecule has 0 saturated heterocycles. The fourth-order valence-electron chi connectivity index (χ4n) is 3.52. The van der Waals surface area contributed by atoms with Gasteiger partial charge >= 0.3 is 0 Å². The average Bonchev–Trinajstić information content (AvgIpc) is 3.11. The third kappa shape index (κ3) is 2.59. The maximum absolute atomic E-state index is 6.69.